The van der Waals surface area contributed by atoms with Crippen molar-refractivity contribution >= 4 is 11.6 Å². The molecule has 1 aromatic heterocycles. The van der Waals surface area contributed by atoms with Crippen molar-refractivity contribution < 1.29 is 42.8 Å². The fourth-order valence-corrected chi connectivity index (χ4v) is 4.93. The molecule has 0 bridgehead atoms. The molecule has 5 nitrogen and oxygen atoms in total. The lowest BCUT2D eigenvalue weighted by Crippen LogP contribution is -3.00. The fourth-order valence-electron chi connectivity index (χ4n) is 4.93. The fraction of sp³-hybridized carbons (Fsp3) is 0.636. The van der Waals surface area contributed by atoms with Gasteiger partial charge in [0.15, 0.2) is 17.7 Å². The first kappa shape index (κ1) is 35.2. The molecule has 220 valence electrons. The predicted octanol–water partition coefficient (Wildman–Crippen LogP) is 5.42. The first-order valence-electron chi connectivity index (χ1n) is 15.2. The van der Waals surface area contributed by atoms with Gasteiger partial charge in [-0.15, -0.1) is 0 Å². The minimum Gasteiger partial charge on any atom is -1.00 e. The Bertz CT molecular complexity index is 922. The Kier molecular flexibility index (Phi) is 19.8. The average Bonchev–Trinajstić information content (AvgIpc) is 2.94. The number of halogens is 1. The van der Waals surface area contributed by atoms with Crippen molar-refractivity contribution in [2.45, 2.75) is 124 Å². The number of methoxy groups -OCH3 is 1. The molecule has 1 heterocycles. The Morgan fingerprint density at radius 2 is 1.38 bits per heavy atom. The molecule has 0 spiro atoms. The van der Waals surface area contributed by atoms with Crippen LogP contribution in [0.4, 0.5) is 5.69 Å². The number of amides is 1. The summed E-state index contributed by atoms with van der Waals surface area (Å²) in [6, 6.07) is 11.9. The van der Waals surface area contributed by atoms with Crippen LogP contribution >= 0.6 is 0 Å². The molecule has 1 aromatic carbocycles. The number of carbonyl (C=O) groups excluding carboxylic acids is 1. The minimum absolute atomic E-state index is 0. The van der Waals surface area contributed by atoms with Crippen LogP contribution in [-0.2, 0) is 17.9 Å². The van der Waals surface area contributed by atoms with Crippen molar-refractivity contribution in [1.29, 1.82) is 0 Å². The average molecular weight is 653 g/mol. The van der Waals surface area contributed by atoms with Crippen molar-refractivity contribution in [2.24, 2.45) is 0 Å². The van der Waals surface area contributed by atoms with E-state index in [2.05, 4.69) is 24.5 Å². The predicted molar refractivity (Wildman–Crippen MR) is 158 cm³/mol. The van der Waals surface area contributed by atoms with Crippen molar-refractivity contribution in [2.75, 3.05) is 18.6 Å². The van der Waals surface area contributed by atoms with Crippen LogP contribution in [0.15, 0.2) is 42.6 Å². The summed E-state index contributed by atoms with van der Waals surface area (Å²) >= 11 is 0. The van der Waals surface area contributed by atoms with E-state index in [4.69, 9.17) is 9.47 Å². The monoisotopic (exact) mass is 652 g/mol. The number of pyridine rings is 1. The summed E-state index contributed by atoms with van der Waals surface area (Å²) in [6.07, 6.45) is 20.9. The first-order chi connectivity index (χ1) is 18.6. The summed E-state index contributed by atoms with van der Waals surface area (Å²) in [6.45, 7) is 8.04. The number of unbranched alkanes of at least 4 members (excludes halogenated alkanes) is 13. The van der Waals surface area contributed by atoms with Crippen LogP contribution in [0.2, 0.25) is 0 Å². The van der Waals surface area contributed by atoms with Crippen molar-refractivity contribution in [3.8, 4) is 11.5 Å². The molecule has 0 saturated heterocycles. The van der Waals surface area contributed by atoms with E-state index >= 15 is 0 Å². The maximum Gasteiger partial charge on any atom is 0.224 e. The third-order valence-corrected chi connectivity index (χ3v) is 7.29. The second kappa shape index (κ2) is 21.9. The molecule has 0 aliphatic heterocycles. The second-order valence-corrected chi connectivity index (χ2v) is 10.4. The Labute approximate surface area is 255 Å². The molecule has 1 amide bonds. The molecule has 2 aromatic rings. The van der Waals surface area contributed by atoms with Gasteiger partial charge in [-0.2, -0.15) is 0 Å². The van der Waals surface area contributed by atoms with Gasteiger partial charge in [-0.3, -0.25) is 4.79 Å². The van der Waals surface area contributed by atoms with E-state index in [1.54, 1.807) is 18.9 Å². The standard InChI is InChI=1S/C33H53N2O3.HI/c1-5-7-8-9-10-11-12-13-14-15-16-17-18-21-26-38-32-24-23-30(27-33(32)37-4)35(29(3)36)28-31-22-19-20-25-34(31)6-2;/h19-20,22-25,27H,5-18,21,26,28H2,1-4H3;1H/q+1;/p-1. The summed E-state index contributed by atoms with van der Waals surface area (Å²) in [5.41, 5.74) is 1.90. The smallest absolute Gasteiger partial charge is 0.224 e. The van der Waals surface area contributed by atoms with Gasteiger partial charge in [0.25, 0.3) is 0 Å². The minimum atomic E-state index is -0.00497. The number of hydrogen-bond acceptors (Lipinski definition) is 3. The molecule has 0 N–H and O–H groups in total. The zero-order valence-electron chi connectivity index (χ0n) is 25.1. The molecule has 0 fully saturated rings. The van der Waals surface area contributed by atoms with Gasteiger partial charge in [0.1, 0.15) is 13.1 Å². The van der Waals surface area contributed by atoms with Gasteiger partial charge in [-0.05, 0) is 25.5 Å². The number of aromatic nitrogens is 1. The molecular weight excluding hydrogens is 599 g/mol. The summed E-state index contributed by atoms with van der Waals surface area (Å²) in [5.74, 6) is 1.39. The van der Waals surface area contributed by atoms with E-state index in [1.807, 2.05) is 36.5 Å². The van der Waals surface area contributed by atoms with E-state index in [9.17, 15) is 4.79 Å². The number of rotatable bonds is 21. The van der Waals surface area contributed by atoms with Crippen molar-refractivity contribution in [3.63, 3.8) is 0 Å². The molecule has 0 atom stereocenters. The third kappa shape index (κ3) is 13.9. The van der Waals surface area contributed by atoms with Crippen LogP contribution in [0.3, 0.4) is 0 Å². The van der Waals surface area contributed by atoms with Crippen LogP contribution in [0.1, 0.15) is 116 Å². The summed E-state index contributed by atoms with van der Waals surface area (Å²) < 4.78 is 13.8. The molecule has 0 aliphatic carbocycles. The Balaban J connectivity index is 0.00000760. The highest BCUT2D eigenvalue weighted by Crippen LogP contribution is 2.32. The molecule has 0 aliphatic rings. The van der Waals surface area contributed by atoms with Gasteiger partial charge in [-0.1, -0.05) is 96.5 Å². The number of ether oxygens (including phenoxy) is 2. The molecule has 2 rings (SSSR count). The number of nitrogens with zero attached hydrogens (tertiary/aromatic N) is 2. The molecule has 6 heteroatoms. The van der Waals surface area contributed by atoms with Gasteiger partial charge in [0, 0.05) is 30.8 Å². The van der Waals surface area contributed by atoms with Gasteiger partial charge >= 0.3 is 0 Å². The molecule has 0 radical (unpaired) electrons. The van der Waals surface area contributed by atoms with E-state index in [0.717, 1.165) is 30.1 Å². The SMILES string of the molecule is CCCCCCCCCCCCCCCCOc1ccc(N(Cc2cccc[n+]2CC)C(C)=O)cc1OC.[I-]. The highest BCUT2D eigenvalue weighted by Gasteiger charge is 2.19. The Hall–Kier alpha value is -1.83. The van der Waals surface area contributed by atoms with Crippen LogP contribution in [0.5, 0.6) is 11.5 Å². The van der Waals surface area contributed by atoms with Gasteiger partial charge < -0.3 is 38.4 Å². The van der Waals surface area contributed by atoms with Crippen LogP contribution < -0.4 is 42.9 Å². The summed E-state index contributed by atoms with van der Waals surface area (Å²) in [5, 5.41) is 0. The van der Waals surface area contributed by atoms with Crippen molar-refractivity contribution in [3.05, 3.63) is 48.3 Å². The molecule has 0 unspecified atom stereocenters. The van der Waals surface area contributed by atoms with E-state index in [-0.39, 0.29) is 29.9 Å². The normalized spacial score (nSPS) is 10.7. The molecular formula is C33H53IN2O3. The van der Waals surface area contributed by atoms with Crippen LogP contribution in [0, 0.1) is 0 Å². The van der Waals surface area contributed by atoms with E-state index < -0.39 is 0 Å². The van der Waals surface area contributed by atoms with Crippen molar-refractivity contribution in [1.82, 2.24) is 0 Å². The maximum absolute atomic E-state index is 12.5. The van der Waals surface area contributed by atoms with Crippen LogP contribution in [0.25, 0.3) is 0 Å². The topological polar surface area (TPSA) is 42.7 Å². The molecule has 39 heavy (non-hydrogen) atoms. The second-order valence-electron chi connectivity index (χ2n) is 10.4. The largest absolute Gasteiger partial charge is 1.00 e. The van der Waals surface area contributed by atoms with Crippen LogP contribution in [-0.4, -0.2) is 19.6 Å². The first-order valence-corrected chi connectivity index (χ1v) is 15.2. The number of benzene rings is 1. The number of aryl methyl sites for hydroxylation is 1. The Morgan fingerprint density at radius 1 is 0.795 bits per heavy atom. The van der Waals surface area contributed by atoms with Gasteiger partial charge in [0.05, 0.1) is 13.7 Å². The zero-order valence-corrected chi connectivity index (χ0v) is 27.2. The van der Waals surface area contributed by atoms with E-state index in [0.29, 0.717) is 18.9 Å². The lowest BCUT2D eigenvalue weighted by molar-refractivity contribution is -0.700. The Morgan fingerprint density at radius 3 is 1.92 bits per heavy atom. The summed E-state index contributed by atoms with van der Waals surface area (Å²) in [4.78, 5) is 14.3. The van der Waals surface area contributed by atoms with Gasteiger partial charge in [0.2, 0.25) is 11.6 Å². The van der Waals surface area contributed by atoms with Gasteiger partial charge in [-0.25, -0.2) is 4.57 Å². The zero-order chi connectivity index (χ0) is 27.4. The maximum atomic E-state index is 12.5. The lowest BCUT2D eigenvalue weighted by Gasteiger charge is -2.21. The third-order valence-electron chi connectivity index (χ3n) is 7.29. The molecule has 0 saturated carbocycles. The highest BCUT2D eigenvalue weighted by molar-refractivity contribution is 5.91. The highest BCUT2D eigenvalue weighted by atomic mass is 127. The quantitative estimate of drug-likeness (QED) is 0.103. The lowest BCUT2D eigenvalue weighted by atomic mass is 10.0. The van der Waals surface area contributed by atoms with E-state index in [1.165, 1.54) is 83.5 Å². The number of anilines is 1. The summed E-state index contributed by atoms with van der Waals surface area (Å²) in [7, 11) is 1.65. The number of hydrogen-bond donors (Lipinski definition) is 0. The number of carbonyl (C=O) groups is 1.